The lowest BCUT2D eigenvalue weighted by atomic mass is 9.79. The zero-order valence-electron chi connectivity index (χ0n) is 16.8. The summed E-state index contributed by atoms with van der Waals surface area (Å²) in [5.74, 6) is 0.721. The van der Waals surface area contributed by atoms with Gasteiger partial charge in [-0.05, 0) is 50.2 Å². The molecule has 3 rings (SSSR count). The van der Waals surface area contributed by atoms with Crippen LogP contribution in [0.5, 0.6) is 0 Å². The van der Waals surface area contributed by atoms with E-state index in [0.29, 0.717) is 11.8 Å². The van der Waals surface area contributed by atoms with Crippen LogP contribution in [0.3, 0.4) is 0 Å². The van der Waals surface area contributed by atoms with Gasteiger partial charge in [0, 0.05) is 49.4 Å². The van der Waals surface area contributed by atoms with Crippen molar-refractivity contribution < 1.29 is 0 Å². The summed E-state index contributed by atoms with van der Waals surface area (Å²) in [6, 6.07) is 6.70. The molecular formula is C23H33N3. The second-order valence-corrected chi connectivity index (χ2v) is 8.26. The second kappa shape index (κ2) is 8.22. The minimum absolute atomic E-state index is 0.299. The Bertz CT molecular complexity index is 706. The first kappa shape index (κ1) is 18.9. The first-order valence-corrected chi connectivity index (χ1v) is 9.89. The quantitative estimate of drug-likeness (QED) is 0.743. The lowest BCUT2D eigenvalue weighted by Gasteiger charge is -2.27. The predicted molar refractivity (Wildman–Crippen MR) is 113 cm³/mol. The van der Waals surface area contributed by atoms with Gasteiger partial charge in [0.05, 0.1) is 0 Å². The zero-order valence-corrected chi connectivity index (χ0v) is 16.8. The van der Waals surface area contributed by atoms with Gasteiger partial charge in [0.2, 0.25) is 0 Å². The average Bonchev–Trinajstić information content (AvgIpc) is 3.08. The van der Waals surface area contributed by atoms with Crippen LogP contribution in [-0.2, 0) is 0 Å². The maximum atomic E-state index is 9.00. The van der Waals surface area contributed by atoms with Gasteiger partial charge in [-0.15, -0.1) is 0 Å². The van der Waals surface area contributed by atoms with Crippen molar-refractivity contribution in [3.63, 3.8) is 0 Å². The highest BCUT2D eigenvalue weighted by Gasteiger charge is 2.26. The first-order chi connectivity index (χ1) is 12.5. The summed E-state index contributed by atoms with van der Waals surface area (Å²) in [6.07, 6.45) is 12.9. The molecule has 1 unspecified atom stereocenters. The molecule has 0 heterocycles. The van der Waals surface area contributed by atoms with Gasteiger partial charge in [0.1, 0.15) is 0 Å². The van der Waals surface area contributed by atoms with E-state index in [0.717, 1.165) is 17.8 Å². The highest BCUT2D eigenvalue weighted by molar-refractivity contribution is 6.02. The third kappa shape index (κ3) is 4.09. The topological polar surface area (TPSA) is 30.3 Å². The highest BCUT2D eigenvalue weighted by atomic mass is 15.1. The number of hydrogen-bond acceptors (Lipinski definition) is 3. The predicted octanol–water partition coefficient (Wildman–Crippen LogP) is 4.84. The van der Waals surface area contributed by atoms with Crippen LogP contribution in [0.4, 0.5) is 5.69 Å². The van der Waals surface area contributed by atoms with Crippen LogP contribution in [0, 0.1) is 11.3 Å². The molecule has 0 radical (unpaired) electrons. The smallest absolute Gasteiger partial charge is 0.0420 e. The number of nitrogens with zero attached hydrogens (tertiary/aromatic N) is 2. The Kier molecular flexibility index (Phi) is 5.98. The maximum Gasteiger partial charge on any atom is 0.0420 e. The SMILES string of the molecule is CN(C)CC1=CC=CC1c1ccc(N(C)C)cc1C(=N)C1CCCCC1. The van der Waals surface area contributed by atoms with Crippen molar-refractivity contribution in [3.8, 4) is 0 Å². The highest BCUT2D eigenvalue weighted by Crippen LogP contribution is 2.37. The van der Waals surface area contributed by atoms with E-state index >= 15 is 0 Å². The fraction of sp³-hybridized carbons (Fsp3) is 0.522. The van der Waals surface area contributed by atoms with E-state index in [1.54, 1.807) is 0 Å². The van der Waals surface area contributed by atoms with Crippen molar-refractivity contribution in [3.05, 3.63) is 53.1 Å². The molecule has 0 amide bonds. The van der Waals surface area contributed by atoms with Crippen molar-refractivity contribution in [2.75, 3.05) is 39.6 Å². The molecule has 3 heteroatoms. The minimum atomic E-state index is 0.299. The van der Waals surface area contributed by atoms with Crippen LogP contribution in [-0.4, -0.2) is 45.3 Å². The average molecular weight is 352 g/mol. The molecule has 140 valence electrons. The maximum absolute atomic E-state index is 9.00. The lowest BCUT2D eigenvalue weighted by Crippen LogP contribution is -2.22. The monoisotopic (exact) mass is 351 g/mol. The number of allylic oxidation sites excluding steroid dienone is 3. The van der Waals surface area contributed by atoms with Crippen molar-refractivity contribution in [1.82, 2.24) is 4.90 Å². The third-order valence-electron chi connectivity index (χ3n) is 5.70. The molecule has 0 spiro atoms. The van der Waals surface area contributed by atoms with Crippen molar-refractivity contribution in [2.24, 2.45) is 5.92 Å². The van der Waals surface area contributed by atoms with Crippen LogP contribution in [0.15, 0.2) is 42.0 Å². The number of benzene rings is 1. The second-order valence-electron chi connectivity index (χ2n) is 8.26. The molecule has 1 aromatic carbocycles. The molecular weight excluding hydrogens is 318 g/mol. The number of likely N-dealkylation sites (N-methyl/N-ethyl adjacent to an activating group) is 1. The van der Waals surface area contributed by atoms with E-state index in [9.17, 15) is 0 Å². The van der Waals surface area contributed by atoms with E-state index in [2.05, 4.69) is 74.4 Å². The van der Waals surface area contributed by atoms with Gasteiger partial charge in [-0.3, -0.25) is 0 Å². The Morgan fingerprint density at radius 3 is 2.46 bits per heavy atom. The molecule has 1 N–H and O–H groups in total. The molecule has 0 saturated heterocycles. The van der Waals surface area contributed by atoms with Crippen LogP contribution in [0.1, 0.15) is 49.1 Å². The van der Waals surface area contributed by atoms with Crippen LogP contribution in [0.25, 0.3) is 0 Å². The summed E-state index contributed by atoms with van der Waals surface area (Å²) in [5, 5.41) is 9.00. The molecule has 1 fully saturated rings. The molecule has 26 heavy (non-hydrogen) atoms. The van der Waals surface area contributed by atoms with Crippen molar-refractivity contribution in [1.29, 1.82) is 5.41 Å². The fourth-order valence-electron chi connectivity index (χ4n) is 4.28. The van der Waals surface area contributed by atoms with Gasteiger partial charge >= 0.3 is 0 Å². The fourth-order valence-corrected chi connectivity index (χ4v) is 4.28. The van der Waals surface area contributed by atoms with Gasteiger partial charge in [0.25, 0.3) is 0 Å². The number of anilines is 1. The summed E-state index contributed by atoms with van der Waals surface area (Å²) < 4.78 is 0. The summed E-state index contributed by atoms with van der Waals surface area (Å²) in [6.45, 7) is 0.962. The normalized spacial score (nSPS) is 20.5. The molecule has 1 aromatic rings. The Hall–Kier alpha value is -1.87. The van der Waals surface area contributed by atoms with E-state index in [4.69, 9.17) is 5.41 Å². The Balaban J connectivity index is 1.97. The molecule has 2 aliphatic carbocycles. The van der Waals surface area contributed by atoms with Gasteiger partial charge < -0.3 is 15.2 Å². The lowest BCUT2D eigenvalue weighted by molar-refractivity contribution is 0.437. The number of rotatable bonds is 6. The Morgan fingerprint density at radius 1 is 1.08 bits per heavy atom. The third-order valence-corrected chi connectivity index (χ3v) is 5.70. The summed E-state index contributed by atoms with van der Waals surface area (Å²) >= 11 is 0. The Morgan fingerprint density at radius 2 is 1.81 bits per heavy atom. The standard InChI is InChI=1S/C23H33N3/c1-25(2)16-18-11-8-12-20(18)21-14-13-19(26(3)4)15-22(21)23(24)17-9-6-5-7-10-17/h8,11-15,17,20,24H,5-7,9-10,16H2,1-4H3. The largest absolute Gasteiger partial charge is 0.378 e. The summed E-state index contributed by atoms with van der Waals surface area (Å²) in [5.41, 5.74) is 5.92. The van der Waals surface area contributed by atoms with E-state index in [1.807, 2.05) is 0 Å². The van der Waals surface area contributed by atoms with Crippen LogP contribution >= 0.6 is 0 Å². The van der Waals surface area contributed by atoms with Crippen molar-refractivity contribution >= 4 is 11.4 Å². The molecule has 1 atom stereocenters. The molecule has 0 bridgehead atoms. The van der Waals surface area contributed by atoms with Gasteiger partial charge in [-0.25, -0.2) is 0 Å². The van der Waals surface area contributed by atoms with E-state index in [-0.39, 0.29) is 0 Å². The first-order valence-electron chi connectivity index (χ1n) is 9.89. The van der Waals surface area contributed by atoms with E-state index < -0.39 is 0 Å². The van der Waals surface area contributed by atoms with Crippen LogP contribution in [0.2, 0.25) is 0 Å². The number of nitrogens with one attached hydrogen (secondary N) is 1. The molecule has 1 saturated carbocycles. The van der Waals surface area contributed by atoms with Crippen molar-refractivity contribution in [2.45, 2.75) is 38.0 Å². The molecule has 2 aliphatic rings. The van der Waals surface area contributed by atoms with Gasteiger partial charge in [0.15, 0.2) is 0 Å². The van der Waals surface area contributed by atoms with Crippen LogP contribution < -0.4 is 4.90 Å². The summed E-state index contributed by atoms with van der Waals surface area (Å²) in [4.78, 5) is 4.37. The van der Waals surface area contributed by atoms with E-state index in [1.165, 1.54) is 48.9 Å². The van der Waals surface area contributed by atoms with Gasteiger partial charge in [-0.1, -0.05) is 43.6 Å². The molecule has 3 nitrogen and oxygen atoms in total. The minimum Gasteiger partial charge on any atom is -0.378 e. The number of hydrogen-bond donors (Lipinski definition) is 1. The van der Waals surface area contributed by atoms with Gasteiger partial charge in [-0.2, -0.15) is 0 Å². The molecule has 0 aromatic heterocycles. The molecule has 0 aliphatic heterocycles. The zero-order chi connectivity index (χ0) is 18.7. The summed E-state index contributed by atoms with van der Waals surface area (Å²) in [7, 11) is 8.40. The Labute approximate surface area is 158 Å².